The average Bonchev–Trinajstić information content (AvgIpc) is 2.45. The van der Waals surface area contributed by atoms with Crippen LogP contribution in [-0.2, 0) is 0 Å². The van der Waals surface area contributed by atoms with Crippen LogP contribution in [0.2, 0.25) is 0 Å². The van der Waals surface area contributed by atoms with Crippen LogP contribution in [-0.4, -0.2) is 27.7 Å². The third kappa shape index (κ3) is 3.65. The Kier molecular flexibility index (Phi) is 5.87. The topological polar surface area (TPSA) is 112 Å². The van der Waals surface area contributed by atoms with Crippen molar-refractivity contribution in [2.24, 2.45) is 5.92 Å². The monoisotopic (exact) mass is 278 g/mol. The van der Waals surface area contributed by atoms with Crippen LogP contribution >= 0.6 is 0 Å². The van der Waals surface area contributed by atoms with Gasteiger partial charge >= 0.3 is 5.69 Å². The first-order chi connectivity index (χ1) is 9.54. The summed E-state index contributed by atoms with van der Waals surface area (Å²) < 4.78 is 0. The quantitative estimate of drug-likeness (QED) is 0.583. The normalized spacial score (nSPS) is 11.9. The summed E-state index contributed by atoms with van der Waals surface area (Å²) in [6, 6.07) is 3.06. The van der Waals surface area contributed by atoms with Gasteiger partial charge in [0.25, 0.3) is 0 Å². The lowest BCUT2D eigenvalue weighted by atomic mass is 9.96. The molecule has 1 unspecified atom stereocenters. The van der Waals surface area contributed by atoms with Gasteiger partial charge in [0, 0.05) is 12.7 Å². The number of aliphatic hydroxyl groups is 1. The summed E-state index contributed by atoms with van der Waals surface area (Å²) in [6.07, 6.45) is 2.37. The molecule has 0 spiro atoms. The molecule has 0 amide bonds. The Labute approximate surface area is 117 Å². The molecule has 0 aliphatic rings. The standard InChI is InChI=1S/C13H18N4O3/c1-3-9(4-2)11(18)8-16-13-12(17(19)20)10(7-14)5-6-15-13/h5-6,9,11,18H,3-4,8H2,1-2H3,(H,15,16). The van der Waals surface area contributed by atoms with Gasteiger partial charge in [0.1, 0.15) is 11.6 Å². The predicted molar refractivity (Wildman–Crippen MR) is 74.2 cm³/mol. The third-order valence-corrected chi connectivity index (χ3v) is 3.30. The van der Waals surface area contributed by atoms with Gasteiger partial charge in [0.15, 0.2) is 0 Å². The maximum Gasteiger partial charge on any atom is 0.328 e. The number of hydrogen-bond donors (Lipinski definition) is 2. The minimum Gasteiger partial charge on any atom is -0.391 e. The maximum absolute atomic E-state index is 11.0. The summed E-state index contributed by atoms with van der Waals surface area (Å²) in [5.74, 6) is 0.139. The molecule has 0 saturated heterocycles. The number of anilines is 1. The summed E-state index contributed by atoms with van der Waals surface area (Å²) >= 11 is 0. The van der Waals surface area contributed by atoms with E-state index in [1.807, 2.05) is 13.8 Å². The smallest absolute Gasteiger partial charge is 0.328 e. The Morgan fingerprint density at radius 3 is 2.70 bits per heavy atom. The van der Waals surface area contributed by atoms with Crippen molar-refractivity contribution < 1.29 is 10.0 Å². The van der Waals surface area contributed by atoms with E-state index < -0.39 is 11.0 Å². The summed E-state index contributed by atoms with van der Waals surface area (Å²) in [6.45, 7) is 4.12. The van der Waals surface area contributed by atoms with Gasteiger partial charge in [-0.15, -0.1) is 0 Å². The van der Waals surface area contributed by atoms with Crippen molar-refractivity contribution in [2.45, 2.75) is 32.8 Å². The van der Waals surface area contributed by atoms with Gasteiger partial charge < -0.3 is 10.4 Å². The molecular formula is C13H18N4O3. The number of nitriles is 1. The number of rotatable bonds is 7. The first-order valence-electron chi connectivity index (χ1n) is 6.50. The maximum atomic E-state index is 11.0. The number of aromatic nitrogens is 1. The molecule has 7 heteroatoms. The molecular weight excluding hydrogens is 260 g/mol. The lowest BCUT2D eigenvalue weighted by Crippen LogP contribution is -2.28. The molecule has 2 N–H and O–H groups in total. The molecule has 0 fully saturated rings. The SMILES string of the molecule is CCC(CC)C(O)CNc1nccc(C#N)c1[N+](=O)[O-]. The lowest BCUT2D eigenvalue weighted by Gasteiger charge is -2.20. The lowest BCUT2D eigenvalue weighted by molar-refractivity contribution is -0.384. The fraction of sp³-hybridized carbons (Fsp3) is 0.538. The molecule has 0 aliphatic carbocycles. The van der Waals surface area contributed by atoms with Crippen LogP contribution < -0.4 is 5.32 Å². The van der Waals surface area contributed by atoms with E-state index >= 15 is 0 Å². The van der Waals surface area contributed by atoms with Crippen LogP contribution in [0.15, 0.2) is 12.3 Å². The Morgan fingerprint density at radius 1 is 1.55 bits per heavy atom. The molecule has 0 radical (unpaired) electrons. The summed E-state index contributed by atoms with van der Waals surface area (Å²) in [5.41, 5.74) is -0.406. The number of aliphatic hydroxyl groups excluding tert-OH is 1. The summed E-state index contributed by atoms with van der Waals surface area (Å²) in [7, 11) is 0. The van der Waals surface area contributed by atoms with Crippen LogP contribution in [0.4, 0.5) is 11.5 Å². The minimum absolute atomic E-state index is 0.0130. The van der Waals surface area contributed by atoms with Gasteiger partial charge in [0.05, 0.1) is 11.0 Å². The molecule has 0 saturated carbocycles. The molecule has 20 heavy (non-hydrogen) atoms. The van der Waals surface area contributed by atoms with E-state index in [2.05, 4.69) is 10.3 Å². The Hall–Kier alpha value is -2.20. The van der Waals surface area contributed by atoms with Crippen molar-refractivity contribution in [3.63, 3.8) is 0 Å². The largest absolute Gasteiger partial charge is 0.391 e. The molecule has 1 atom stereocenters. The van der Waals surface area contributed by atoms with E-state index in [9.17, 15) is 15.2 Å². The zero-order valence-corrected chi connectivity index (χ0v) is 11.5. The second kappa shape index (κ2) is 7.40. The zero-order valence-electron chi connectivity index (χ0n) is 11.5. The van der Waals surface area contributed by atoms with E-state index in [0.29, 0.717) is 0 Å². The zero-order chi connectivity index (χ0) is 15.1. The first kappa shape index (κ1) is 15.9. The van der Waals surface area contributed by atoms with Crippen LogP contribution in [0.25, 0.3) is 0 Å². The minimum atomic E-state index is -0.641. The van der Waals surface area contributed by atoms with Crippen molar-refractivity contribution in [2.75, 3.05) is 11.9 Å². The number of hydrogen-bond acceptors (Lipinski definition) is 6. The highest BCUT2D eigenvalue weighted by atomic mass is 16.6. The highest BCUT2D eigenvalue weighted by molar-refractivity contribution is 5.64. The fourth-order valence-electron chi connectivity index (χ4n) is 2.06. The molecule has 108 valence electrons. The second-order valence-electron chi connectivity index (χ2n) is 4.45. The number of nitrogens with one attached hydrogen (secondary N) is 1. The molecule has 1 aromatic heterocycles. The van der Waals surface area contributed by atoms with E-state index in [0.717, 1.165) is 12.8 Å². The highest BCUT2D eigenvalue weighted by Gasteiger charge is 2.22. The van der Waals surface area contributed by atoms with Crippen molar-refractivity contribution in [1.29, 1.82) is 5.26 Å². The van der Waals surface area contributed by atoms with Crippen molar-refractivity contribution >= 4 is 11.5 Å². The van der Waals surface area contributed by atoms with Gasteiger partial charge in [-0.25, -0.2) is 4.98 Å². The highest BCUT2D eigenvalue weighted by Crippen LogP contribution is 2.26. The number of nitro groups is 1. The van der Waals surface area contributed by atoms with Crippen LogP contribution in [0.3, 0.4) is 0 Å². The predicted octanol–water partition coefficient (Wildman–Crippen LogP) is 2.07. The second-order valence-corrected chi connectivity index (χ2v) is 4.45. The summed E-state index contributed by atoms with van der Waals surface area (Å²) in [5, 5.41) is 32.6. The number of pyridine rings is 1. The molecule has 0 bridgehead atoms. The Balaban J connectivity index is 2.88. The van der Waals surface area contributed by atoms with Gasteiger partial charge in [-0.3, -0.25) is 10.1 Å². The van der Waals surface area contributed by atoms with E-state index in [-0.39, 0.29) is 29.5 Å². The van der Waals surface area contributed by atoms with Crippen molar-refractivity contribution in [3.8, 4) is 6.07 Å². The molecule has 0 aromatic carbocycles. The number of nitrogens with zero attached hydrogens (tertiary/aromatic N) is 3. The first-order valence-corrected chi connectivity index (χ1v) is 6.50. The fourth-order valence-corrected chi connectivity index (χ4v) is 2.06. The molecule has 1 aromatic rings. The third-order valence-electron chi connectivity index (χ3n) is 3.30. The van der Waals surface area contributed by atoms with E-state index in [4.69, 9.17) is 5.26 Å². The van der Waals surface area contributed by atoms with E-state index in [1.165, 1.54) is 12.3 Å². The molecule has 7 nitrogen and oxygen atoms in total. The van der Waals surface area contributed by atoms with Crippen molar-refractivity contribution in [1.82, 2.24) is 4.98 Å². The van der Waals surface area contributed by atoms with E-state index in [1.54, 1.807) is 6.07 Å². The van der Waals surface area contributed by atoms with Crippen LogP contribution in [0.5, 0.6) is 0 Å². The molecule has 1 heterocycles. The van der Waals surface area contributed by atoms with Gasteiger partial charge in [-0.2, -0.15) is 5.26 Å². The van der Waals surface area contributed by atoms with Gasteiger partial charge in [-0.1, -0.05) is 26.7 Å². The molecule has 0 aliphatic heterocycles. The average molecular weight is 278 g/mol. The van der Waals surface area contributed by atoms with Crippen molar-refractivity contribution in [3.05, 3.63) is 27.9 Å². The Bertz CT molecular complexity index is 509. The molecule has 1 rings (SSSR count). The van der Waals surface area contributed by atoms with Crippen LogP contribution in [0, 0.1) is 27.4 Å². The summed E-state index contributed by atoms with van der Waals surface area (Å²) in [4.78, 5) is 14.2. The van der Waals surface area contributed by atoms with Gasteiger partial charge in [-0.05, 0) is 12.0 Å². The van der Waals surface area contributed by atoms with Gasteiger partial charge in [0.2, 0.25) is 5.82 Å². The van der Waals surface area contributed by atoms with Crippen LogP contribution in [0.1, 0.15) is 32.3 Å². The Morgan fingerprint density at radius 2 is 2.20 bits per heavy atom.